The van der Waals surface area contributed by atoms with Gasteiger partial charge in [0.1, 0.15) is 5.78 Å². The highest BCUT2D eigenvalue weighted by molar-refractivity contribution is 5.84. The van der Waals surface area contributed by atoms with Crippen LogP contribution in [-0.4, -0.2) is 5.78 Å². The summed E-state index contributed by atoms with van der Waals surface area (Å²) in [6, 6.07) is 2.24. The third-order valence-corrected chi connectivity index (χ3v) is 3.09. The number of fused-ring (bicyclic) bond motifs is 1. The van der Waals surface area contributed by atoms with E-state index in [2.05, 4.69) is 6.07 Å². The average Bonchev–Trinajstić information content (AvgIpc) is 2.54. The van der Waals surface area contributed by atoms with Gasteiger partial charge in [-0.1, -0.05) is 0 Å². The minimum absolute atomic E-state index is 0.0509. The normalized spacial score (nSPS) is 42.1. The predicted octanol–water partition coefficient (Wildman–Crippen LogP) is 1.52. The smallest absolute Gasteiger partial charge is 0.137 e. The minimum atomic E-state index is 0.0509. The van der Waals surface area contributed by atoms with Crippen molar-refractivity contribution in [1.29, 1.82) is 5.26 Å². The van der Waals surface area contributed by atoms with Crippen molar-refractivity contribution < 1.29 is 4.79 Å². The molecule has 0 saturated heterocycles. The van der Waals surface area contributed by atoms with E-state index in [4.69, 9.17) is 5.26 Å². The lowest BCUT2D eigenvalue weighted by molar-refractivity contribution is -0.121. The molecule has 2 rings (SSSR count). The van der Waals surface area contributed by atoms with Gasteiger partial charge in [-0.15, -0.1) is 0 Å². The van der Waals surface area contributed by atoms with Crippen LogP contribution in [0.15, 0.2) is 0 Å². The predicted molar refractivity (Wildman–Crippen MR) is 39.6 cm³/mol. The summed E-state index contributed by atoms with van der Waals surface area (Å²) >= 11 is 0. The Labute approximate surface area is 66.2 Å². The molecule has 11 heavy (non-hydrogen) atoms. The lowest BCUT2D eigenvalue weighted by Crippen LogP contribution is -2.15. The Morgan fingerprint density at radius 2 is 2.18 bits per heavy atom. The molecule has 2 heteroatoms. The SMILES string of the molecule is N#C[C@H]1CC[C@H]2CCC(=O)[C@H]21. The minimum Gasteiger partial charge on any atom is -0.299 e. The number of nitrogens with zero attached hydrogens (tertiary/aromatic N) is 1. The monoisotopic (exact) mass is 149 g/mol. The number of nitriles is 1. The van der Waals surface area contributed by atoms with Gasteiger partial charge in [0, 0.05) is 12.3 Å². The molecule has 0 aromatic rings. The maximum atomic E-state index is 11.3. The zero-order chi connectivity index (χ0) is 7.84. The molecule has 2 aliphatic rings. The first-order valence-corrected chi connectivity index (χ1v) is 4.25. The van der Waals surface area contributed by atoms with Crippen molar-refractivity contribution in [2.24, 2.45) is 17.8 Å². The molecular formula is C9H11NO. The van der Waals surface area contributed by atoms with E-state index in [9.17, 15) is 4.79 Å². The number of carbonyl (C=O) groups excluding carboxylic acids is 1. The molecule has 0 spiro atoms. The molecule has 0 radical (unpaired) electrons. The number of ketones is 1. The second-order valence-corrected chi connectivity index (χ2v) is 3.60. The third-order valence-electron chi connectivity index (χ3n) is 3.09. The van der Waals surface area contributed by atoms with E-state index in [1.165, 1.54) is 0 Å². The molecule has 0 aliphatic heterocycles. The van der Waals surface area contributed by atoms with Crippen LogP contribution < -0.4 is 0 Å². The molecule has 58 valence electrons. The van der Waals surface area contributed by atoms with Crippen LogP contribution in [0.5, 0.6) is 0 Å². The van der Waals surface area contributed by atoms with Crippen LogP contribution in [0, 0.1) is 29.1 Å². The molecule has 2 fully saturated rings. The van der Waals surface area contributed by atoms with Gasteiger partial charge in [0.05, 0.1) is 12.0 Å². The first-order chi connectivity index (χ1) is 5.33. The van der Waals surface area contributed by atoms with Gasteiger partial charge < -0.3 is 0 Å². The number of hydrogen-bond acceptors (Lipinski definition) is 2. The van der Waals surface area contributed by atoms with Crippen molar-refractivity contribution in [3.8, 4) is 6.07 Å². The summed E-state index contributed by atoms with van der Waals surface area (Å²) in [6.07, 6.45) is 3.83. The van der Waals surface area contributed by atoms with E-state index in [1.54, 1.807) is 0 Å². The van der Waals surface area contributed by atoms with Gasteiger partial charge in [-0.3, -0.25) is 4.79 Å². The molecule has 0 heterocycles. The highest BCUT2D eigenvalue weighted by Gasteiger charge is 2.44. The van der Waals surface area contributed by atoms with Crippen LogP contribution in [0.3, 0.4) is 0 Å². The van der Waals surface area contributed by atoms with Gasteiger partial charge in [-0.25, -0.2) is 0 Å². The summed E-state index contributed by atoms with van der Waals surface area (Å²) in [6.45, 7) is 0. The van der Waals surface area contributed by atoms with Gasteiger partial charge >= 0.3 is 0 Å². The first kappa shape index (κ1) is 6.84. The van der Waals surface area contributed by atoms with E-state index < -0.39 is 0 Å². The van der Waals surface area contributed by atoms with Crippen molar-refractivity contribution in [3.05, 3.63) is 0 Å². The quantitative estimate of drug-likeness (QED) is 0.524. The van der Waals surface area contributed by atoms with Gasteiger partial charge in [-0.2, -0.15) is 5.26 Å². The molecule has 2 nitrogen and oxygen atoms in total. The average molecular weight is 149 g/mol. The fourth-order valence-electron chi connectivity index (χ4n) is 2.53. The summed E-state index contributed by atoms with van der Waals surface area (Å²) in [5.41, 5.74) is 0. The summed E-state index contributed by atoms with van der Waals surface area (Å²) in [4.78, 5) is 11.3. The van der Waals surface area contributed by atoms with Gasteiger partial charge in [0.25, 0.3) is 0 Å². The van der Waals surface area contributed by atoms with E-state index in [-0.39, 0.29) is 11.8 Å². The molecule has 0 amide bonds. The van der Waals surface area contributed by atoms with Crippen molar-refractivity contribution >= 4 is 5.78 Å². The number of carbonyl (C=O) groups is 1. The largest absolute Gasteiger partial charge is 0.299 e. The van der Waals surface area contributed by atoms with Crippen LogP contribution in [0.4, 0.5) is 0 Å². The molecule has 3 atom stereocenters. The highest BCUT2D eigenvalue weighted by Crippen LogP contribution is 2.45. The van der Waals surface area contributed by atoms with Crippen LogP contribution in [0.1, 0.15) is 25.7 Å². The Balaban J connectivity index is 2.21. The van der Waals surface area contributed by atoms with Gasteiger partial charge in [-0.05, 0) is 25.2 Å². The first-order valence-electron chi connectivity index (χ1n) is 4.25. The van der Waals surface area contributed by atoms with Crippen molar-refractivity contribution in [3.63, 3.8) is 0 Å². The van der Waals surface area contributed by atoms with Gasteiger partial charge in [0.15, 0.2) is 0 Å². The third kappa shape index (κ3) is 0.875. The molecule has 0 aromatic carbocycles. The standard InChI is InChI=1S/C9H11NO/c10-5-7-2-1-6-3-4-8(11)9(6)7/h6-7,9H,1-4H2/t6-,7+,9+/m0/s1. The molecular weight excluding hydrogens is 138 g/mol. The number of Topliss-reactive ketones (excluding diaryl/α,β-unsaturated/α-hetero) is 1. The van der Waals surface area contributed by atoms with E-state index in [0.717, 1.165) is 25.7 Å². The van der Waals surface area contributed by atoms with Crippen LogP contribution >= 0.6 is 0 Å². The molecule has 2 aliphatic carbocycles. The Hall–Kier alpha value is -0.840. The molecule has 0 unspecified atom stereocenters. The fourth-order valence-corrected chi connectivity index (χ4v) is 2.53. The lowest BCUT2D eigenvalue weighted by Gasteiger charge is -2.08. The Morgan fingerprint density at radius 3 is 2.91 bits per heavy atom. The summed E-state index contributed by atoms with van der Waals surface area (Å²) in [5.74, 6) is 1.08. The highest BCUT2D eigenvalue weighted by atomic mass is 16.1. The number of hydrogen-bond donors (Lipinski definition) is 0. The second-order valence-electron chi connectivity index (χ2n) is 3.60. The van der Waals surface area contributed by atoms with Crippen molar-refractivity contribution in [2.75, 3.05) is 0 Å². The molecule has 2 saturated carbocycles. The molecule has 0 bridgehead atoms. The summed E-state index contributed by atoms with van der Waals surface area (Å²) in [7, 11) is 0. The fraction of sp³-hybridized carbons (Fsp3) is 0.778. The Morgan fingerprint density at radius 1 is 1.36 bits per heavy atom. The molecule has 0 N–H and O–H groups in total. The van der Waals surface area contributed by atoms with Crippen LogP contribution in [-0.2, 0) is 4.79 Å². The zero-order valence-corrected chi connectivity index (χ0v) is 6.42. The summed E-state index contributed by atoms with van der Waals surface area (Å²) in [5, 5.41) is 8.73. The van der Waals surface area contributed by atoms with Crippen LogP contribution in [0.2, 0.25) is 0 Å². The molecule has 0 aromatic heterocycles. The van der Waals surface area contributed by atoms with E-state index in [0.29, 0.717) is 11.7 Å². The van der Waals surface area contributed by atoms with E-state index in [1.807, 2.05) is 0 Å². The number of rotatable bonds is 0. The summed E-state index contributed by atoms with van der Waals surface area (Å²) < 4.78 is 0. The van der Waals surface area contributed by atoms with E-state index >= 15 is 0 Å². The zero-order valence-electron chi connectivity index (χ0n) is 6.42. The Kier molecular flexibility index (Phi) is 1.45. The van der Waals surface area contributed by atoms with Gasteiger partial charge in [0.2, 0.25) is 0 Å². The maximum Gasteiger partial charge on any atom is 0.137 e. The second kappa shape index (κ2) is 2.34. The van der Waals surface area contributed by atoms with Crippen molar-refractivity contribution in [1.82, 2.24) is 0 Å². The van der Waals surface area contributed by atoms with Crippen LogP contribution in [0.25, 0.3) is 0 Å². The topological polar surface area (TPSA) is 40.9 Å². The maximum absolute atomic E-state index is 11.3. The van der Waals surface area contributed by atoms with Crippen molar-refractivity contribution in [2.45, 2.75) is 25.7 Å². The Bertz CT molecular complexity index is 228. The lowest BCUT2D eigenvalue weighted by atomic mass is 9.92.